The molecule has 27 heavy (non-hydrogen) atoms. The summed E-state index contributed by atoms with van der Waals surface area (Å²) in [5, 5.41) is 0.504. The molecule has 142 valence electrons. The molecule has 0 aliphatic carbocycles. The number of rotatable bonds is 3. The number of ether oxygens (including phenoxy) is 1. The van der Waals surface area contributed by atoms with Gasteiger partial charge in [0.2, 0.25) is 5.95 Å². The first-order valence-corrected chi connectivity index (χ1v) is 9.16. The number of benzene rings is 1. The molecule has 2 aromatic heterocycles. The first-order chi connectivity index (χ1) is 13.0. The molecule has 0 atom stereocenters. The third kappa shape index (κ3) is 2.55. The SMILES string of the molecule is CCn1c(=O)c2c(nc3n2CCCN3c2ccc(OC)c(Cl)c2)n(C)c1=O. The van der Waals surface area contributed by atoms with Gasteiger partial charge in [-0.15, -0.1) is 0 Å². The van der Waals surface area contributed by atoms with Gasteiger partial charge in [-0.2, -0.15) is 4.98 Å². The van der Waals surface area contributed by atoms with Gasteiger partial charge in [0.1, 0.15) is 5.75 Å². The van der Waals surface area contributed by atoms with Crippen molar-refractivity contribution in [1.29, 1.82) is 0 Å². The van der Waals surface area contributed by atoms with E-state index in [1.54, 1.807) is 27.1 Å². The Hall–Kier alpha value is -2.74. The fourth-order valence-corrected chi connectivity index (χ4v) is 3.86. The summed E-state index contributed by atoms with van der Waals surface area (Å²) in [5.74, 6) is 1.23. The van der Waals surface area contributed by atoms with Gasteiger partial charge in [0, 0.05) is 32.4 Å². The summed E-state index contributed by atoms with van der Waals surface area (Å²) in [6.07, 6.45) is 0.844. The Labute approximate surface area is 160 Å². The number of fused-ring (bicyclic) bond motifs is 3. The van der Waals surface area contributed by atoms with Gasteiger partial charge in [-0.25, -0.2) is 4.79 Å². The van der Waals surface area contributed by atoms with Gasteiger partial charge < -0.3 is 14.2 Å². The molecule has 0 bridgehead atoms. The zero-order valence-electron chi connectivity index (χ0n) is 15.4. The van der Waals surface area contributed by atoms with Crippen molar-refractivity contribution in [3.8, 4) is 5.75 Å². The summed E-state index contributed by atoms with van der Waals surface area (Å²) in [7, 11) is 3.21. The minimum atomic E-state index is -0.357. The Morgan fingerprint density at radius 1 is 1.26 bits per heavy atom. The zero-order chi connectivity index (χ0) is 19.3. The van der Waals surface area contributed by atoms with Crippen molar-refractivity contribution >= 4 is 34.4 Å². The summed E-state index contributed by atoms with van der Waals surface area (Å²) >= 11 is 6.29. The molecule has 0 saturated carbocycles. The first kappa shape index (κ1) is 17.7. The average Bonchev–Trinajstić information content (AvgIpc) is 3.06. The fraction of sp³-hybridized carbons (Fsp3) is 0.389. The number of aryl methyl sites for hydroxylation is 2. The zero-order valence-corrected chi connectivity index (χ0v) is 16.2. The van der Waals surface area contributed by atoms with Crippen molar-refractivity contribution in [2.75, 3.05) is 18.6 Å². The molecule has 3 aromatic rings. The molecule has 1 aliphatic rings. The summed E-state index contributed by atoms with van der Waals surface area (Å²) < 4.78 is 9.79. The van der Waals surface area contributed by atoms with Gasteiger partial charge in [-0.05, 0) is 31.5 Å². The van der Waals surface area contributed by atoms with E-state index in [9.17, 15) is 9.59 Å². The molecule has 0 unspecified atom stereocenters. The highest BCUT2D eigenvalue weighted by Gasteiger charge is 2.27. The Bertz CT molecular complexity index is 1160. The number of hydrogen-bond acceptors (Lipinski definition) is 5. The van der Waals surface area contributed by atoms with Crippen LogP contribution >= 0.6 is 11.6 Å². The lowest BCUT2D eigenvalue weighted by molar-refractivity contribution is 0.415. The smallest absolute Gasteiger partial charge is 0.332 e. The van der Waals surface area contributed by atoms with Crippen LogP contribution in [0.2, 0.25) is 5.02 Å². The van der Waals surface area contributed by atoms with Crippen LogP contribution in [0, 0.1) is 0 Å². The van der Waals surface area contributed by atoms with Gasteiger partial charge in [0.25, 0.3) is 5.56 Å². The maximum Gasteiger partial charge on any atom is 0.332 e. The minimum Gasteiger partial charge on any atom is -0.495 e. The van der Waals surface area contributed by atoms with Gasteiger partial charge in [-0.1, -0.05) is 11.6 Å². The van der Waals surface area contributed by atoms with Gasteiger partial charge >= 0.3 is 5.69 Å². The molecular formula is C18H20ClN5O3. The topological polar surface area (TPSA) is 74.3 Å². The second kappa shape index (κ2) is 6.45. The average molecular weight is 390 g/mol. The molecule has 4 rings (SSSR count). The van der Waals surface area contributed by atoms with E-state index in [4.69, 9.17) is 16.3 Å². The van der Waals surface area contributed by atoms with Crippen LogP contribution in [-0.2, 0) is 20.1 Å². The highest BCUT2D eigenvalue weighted by atomic mass is 35.5. The van der Waals surface area contributed by atoms with Crippen molar-refractivity contribution < 1.29 is 4.74 Å². The molecular weight excluding hydrogens is 370 g/mol. The lowest BCUT2D eigenvalue weighted by Gasteiger charge is -2.29. The third-order valence-corrected chi connectivity index (χ3v) is 5.28. The van der Waals surface area contributed by atoms with Crippen LogP contribution < -0.4 is 20.9 Å². The second-order valence-electron chi connectivity index (χ2n) is 6.45. The largest absolute Gasteiger partial charge is 0.495 e. The van der Waals surface area contributed by atoms with Crippen LogP contribution in [0.4, 0.5) is 11.6 Å². The molecule has 0 spiro atoms. The Balaban J connectivity index is 1.96. The van der Waals surface area contributed by atoms with E-state index in [0.717, 1.165) is 18.7 Å². The highest BCUT2D eigenvalue weighted by Crippen LogP contribution is 2.35. The monoisotopic (exact) mass is 389 g/mol. The summed E-state index contributed by atoms with van der Waals surface area (Å²) in [4.78, 5) is 32.0. The summed E-state index contributed by atoms with van der Waals surface area (Å²) in [6.45, 7) is 3.51. The van der Waals surface area contributed by atoms with Crippen LogP contribution in [-0.4, -0.2) is 32.3 Å². The highest BCUT2D eigenvalue weighted by molar-refractivity contribution is 6.32. The number of nitrogens with zero attached hydrogens (tertiary/aromatic N) is 5. The maximum atomic E-state index is 12.9. The normalized spacial score (nSPS) is 13.9. The van der Waals surface area contributed by atoms with Crippen LogP contribution in [0.25, 0.3) is 11.2 Å². The quantitative estimate of drug-likeness (QED) is 0.686. The Kier molecular flexibility index (Phi) is 4.22. The van der Waals surface area contributed by atoms with Crippen LogP contribution in [0.1, 0.15) is 13.3 Å². The van der Waals surface area contributed by atoms with Crippen LogP contribution in [0.5, 0.6) is 5.75 Å². The third-order valence-electron chi connectivity index (χ3n) is 4.98. The number of methoxy groups -OCH3 is 1. The lowest BCUT2D eigenvalue weighted by atomic mass is 10.2. The second-order valence-corrected chi connectivity index (χ2v) is 6.86. The Morgan fingerprint density at radius 3 is 2.70 bits per heavy atom. The molecule has 1 aromatic carbocycles. The lowest BCUT2D eigenvalue weighted by Crippen LogP contribution is -2.39. The van der Waals surface area contributed by atoms with E-state index in [-0.39, 0.29) is 11.2 Å². The molecule has 0 N–H and O–H groups in total. The van der Waals surface area contributed by atoms with E-state index in [0.29, 0.717) is 41.0 Å². The fourth-order valence-electron chi connectivity index (χ4n) is 3.61. The number of anilines is 2. The predicted molar refractivity (Wildman–Crippen MR) is 105 cm³/mol. The molecule has 0 saturated heterocycles. The van der Waals surface area contributed by atoms with Crippen molar-refractivity contribution in [3.05, 3.63) is 44.1 Å². The van der Waals surface area contributed by atoms with Crippen molar-refractivity contribution in [2.45, 2.75) is 26.4 Å². The van der Waals surface area contributed by atoms with Crippen LogP contribution in [0.3, 0.4) is 0 Å². The maximum absolute atomic E-state index is 12.9. The van der Waals surface area contributed by atoms with E-state index in [1.165, 1.54) is 9.13 Å². The van der Waals surface area contributed by atoms with E-state index < -0.39 is 0 Å². The van der Waals surface area contributed by atoms with Gasteiger partial charge in [0.15, 0.2) is 11.2 Å². The number of aromatic nitrogens is 4. The molecule has 8 nitrogen and oxygen atoms in total. The molecule has 0 fully saturated rings. The van der Waals surface area contributed by atoms with E-state index in [1.807, 2.05) is 21.6 Å². The summed E-state index contributed by atoms with van der Waals surface area (Å²) in [6, 6.07) is 5.53. The van der Waals surface area contributed by atoms with Crippen LogP contribution in [0.15, 0.2) is 27.8 Å². The molecule has 9 heteroatoms. The van der Waals surface area contributed by atoms with Crippen molar-refractivity contribution in [3.63, 3.8) is 0 Å². The van der Waals surface area contributed by atoms with Crippen molar-refractivity contribution in [2.24, 2.45) is 7.05 Å². The number of hydrogen-bond donors (Lipinski definition) is 0. The van der Waals surface area contributed by atoms with Gasteiger partial charge in [-0.3, -0.25) is 13.9 Å². The number of imidazole rings is 1. The molecule has 3 heterocycles. The van der Waals surface area contributed by atoms with E-state index >= 15 is 0 Å². The van der Waals surface area contributed by atoms with Gasteiger partial charge in [0.05, 0.1) is 12.1 Å². The molecule has 0 amide bonds. The standard InChI is InChI=1S/C18H20ClN5O3/c1-4-22-16(25)14-15(21(2)18(22)26)20-17-23(8-5-9-24(14)17)11-6-7-13(27-3)12(19)10-11/h6-7,10H,4-5,8-9H2,1-3H3. The molecule has 0 radical (unpaired) electrons. The predicted octanol–water partition coefficient (Wildman–Crippen LogP) is 2.12. The van der Waals surface area contributed by atoms with E-state index in [2.05, 4.69) is 4.98 Å². The Morgan fingerprint density at radius 2 is 2.04 bits per heavy atom. The number of halogens is 1. The minimum absolute atomic E-state index is 0.302. The van der Waals surface area contributed by atoms with Crippen molar-refractivity contribution in [1.82, 2.24) is 18.7 Å². The first-order valence-electron chi connectivity index (χ1n) is 8.79. The molecule has 1 aliphatic heterocycles. The summed E-state index contributed by atoms with van der Waals surface area (Å²) in [5.41, 5.74) is 1.06.